The number of aliphatic hydroxyl groups is 2. The first-order valence-corrected chi connectivity index (χ1v) is 8.10. The predicted octanol–water partition coefficient (Wildman–Crippen LogP) is -1.38. The van der Waals surface area contributed by atoms with Gasteiger partial charge in [-0.15, -0.1) is 0 Å². The average molecular weight is 320 g/mol. The Labute approximate surface area is 110 Å². The number of ether oxygens (including phenoxy) is 1. The van der Waals surface area contributed by atoms with Crippen molar-refractivity contribution in [1.82, 2.24) is 9.55 Å². The van der Waals surface area contributed by atoms with Crippen molar-refractivity contribution >= 4 is 20.8 Å². The van der Waals surface area contributed by atoms with E-state index in [1.165, 1.54) is 16.8 Å². The SMILES string of the molecule is C[Se]C1[C@@H](O)[C@@H](CO)O[C@H]1n1ccc(N)nc1=O. The Kier molecular flexibility index (Phi) is 4.03. The molecule has 0 radical (unpaired) electrons. The van der Waals surface area contributed by atoms with Crippen molar-refractivity contribution in [2.75, 3.05) is 12.3 Å². The van der Waals surface area contributed by atoms with Gasteiger partial charge in [-0.25, -0.2) is 0 Å². The molecule has 1 aromatic rings. The van der Waals surface area contributed by atoms with Crippen LogP contribution in [-0.4, -0.2) is 53.5 Å². The molecule has 0 aromatic carbocycles. The van der Waals surface area contributed by atoms with Crippen LogP contribution in [0.3, 0.4) is 0 Å². The summed E-state index contributed by atoms with van der Waals surface area (Å²) in [5.41, 5.74) is 4.91. The third kappa shape index (κ3) is 2.30. The molecule has 18 heavy (non-hydrogen) atoms. The molecular formula is C10H15N3O4Se. The number of hydrogen-bond donors (Lipinski definition) is 3. The van der Waals surface area contributed by atoms with Crippen LogP contribution in [0.5, 0.6) is 0 Å². The van der Waals surface area contributed by atoms with E-state index in [0.29, 0.717) is 0 Å². The Morgan fingerprint density at radius 2 is 2.39 bits per heavy atom. The molecule has 1 aliphatic heterocycles. The third-order valence-electron chi connectivity index (χ3n) is 2.89. The van der Waals surface area contributed by atoms with E-state index in [-0.39, 0.29) is 32.2 Å². The standard InChI is InChI=1S/C10H15N3O4Se/c1-18-8-7(15)5(4-14)17-9(8)13-3-2-6(11)12-10(13)16/h2-3,5,7-9,14-15H,4H2,1H3,(H2,11,12,16)/t5-,7+,8?,9-/m1/s1. The number of nitrogens with two attached hydrogens (primary N) is 1. The molecule has 0 bridgehead atoms. The van der Waals surface area contributed by atoms with Gasteiger partial charge in [0, 0.05) is 0 Å². The number of nitrogens with zero attached hydrogens (tertiary/aromatic N) is 2. The Bertz CT molecular complexity index is 480. The van der Waals surface area contributed by atoms with Crippen molar-refractivity contribution in [2.24, 2.45) is 0 Å². The van der Waals surface area contributed by atoms with Crippen LogP contribution in [0.2, 0.25) is 10.6 Å². The number of rotatable bonds is 3. The first kappa shape index (κ1) is 13.5. The molecule has 100 valence electrons. The molecule has 8 heteroatoms. The zero-order chi connectivity index (χ0) is 13.3. The minimum atomic E-state index is -0.769. The van der Waals surface area contributed by atoms with Crippen LogP contribution >= 0.6 is 0 Å². The van der Waals surface area contributed by atoms with E-state index in [4.69, 9.17) is 15.6 Å². The first-order chi connectivity index (χ1) is 8.58. The van der Waals surface area contributed by atoms with Crippen LogP contribution < -0.4 is 11.4 Å². The fraction of sp³-hybridized carbons (Fsp3) is 0.600. The molecule has 1 aromatic heterocycles. The van der Waals surface area contributed by atoms with Crippen molar-refractivity contribution in [2.45, 2.75) is 29.1 Å². The Hall–Kier alpha value is -0.921. The zero-order valence-corrected chi connectivity index (χ0v) is 11.5. The minimum absolute atomic E-state index is 0.0643. The number of anilines is 1. The molecule has 1 saturated heterocycles. The summed E-state index contributed by atoms with van der Waals surface area (Å²) in [4.78, 5) is 15.2. The van der Waals surface area contributed by atoms with Crippen LogP contribution in [0, 0.1) is 0 Å². The van der Waals surface area contributed by atoms with Gasteiger partial charge in [0.15, 0.2) is 0 Å². The molecule has 4 N–H and O–H groups in total. The molecule has 1 unspecified atom stereocenters. The molecule has 7 nitrogen and oxygen atoms in total. The van der Waals surface area contributed by atoms with Gasteiger partial charge in [-0.05, 0) is 0 Å². The van der Waals surface area contributed by atoms with E-state index >= 15 is 0 Å². The van der Waals surface area contributed by atoms with Gasteiger partial charge in [-0.3, -0.25) is 0 Å². The quantitative estimate of drug-likeness (QED) is 0.592. The van der Waals surface area contributed by atoms with Crippen LogP contribution in [0.25, 0.3) is 0 Å². The predicted molar refractivity (Wildman–Crippen MR) is 65.3 cm³/mol. The second-order valence-electron chi connectivity index (χ2n) is 3.98. The van der Waals surface area contributed by atoms with Gasteiger partial charge in [0.2, 0.25) is 0 Å². The molecule has 0 saturated carbocycles. The van der Waals surface area contributed by atoms with Crippen LogP contribution in [-0.2, 0) is 4.74 Å². The van der Waals surface area contributed by atoms with Gasteiger partial charge in [0.25, 0.3) is 0 Å². The average Bonchev–Trinajstić information content (AvgIpc) is 2.65. The maximum absolute atomic E-state index is 11.7. The summed E-state index contributed by atoms with van der Waals surface area (Å²) in [5, 5.41) is 19.1. The van der Waals surface area contributed by atoms with Gasteiger partial charge in [-0.1, -0.05) is 0 Å². The first-order valence-electron chi connectivity index (χ1n) is 5.40. The second kappa shape index (κ2) is 5.38. The summed E-state index contributed by atoms with van der Waals surface area (Å²) in [5.74, 6) is 2.10. The summed E-state index contributed by atoms with van der Waals surface area (Å²) < 4.78 is 6.84. The van der Waals surface area contributed by atoms with E-state index < -0.39 is 24.1 Å². The molecule has 0 amide bonds. The molecule has 4 atom stereocenters. The van der Waals surface area contributed by atoms with E-state index in [1.807, 2.05) is 5.82 Å². The fourth-order valence-electron chi connectivity index (χ4n) is 1.97. The number of hydrogen-bond acceptors (Lipinski definition) is 6. The molecular weight excluding hydrogens is 305 g/mol. The van der Waals surface area contributed by atoms with Crippen LogP contribution in [0.4, 0.5) is 5.82 Å². The topological polar surface area (TPSA) is 111 Å². The van der Waals surface area contributed by atoms with Gasteiger partial charge in [0.1, 0.15) is 0 Å². The summed E-state index contributed by atoms with van der Waals surface area (Å²) in [6.45, 7) is -0.276. The summed E-state index contributed by atoms with van der Waals surface area (Å²) in [7, 11) is 0. The van der Waals surface area contributed by atoms with Gasteiger partial charge in [0.05, 0.1) is 0 Å². The van der Waals surface area contributed by atoms with Crippen LogP contribution in [0.1, 0.15) is 6.23 Å². The Morgan fingerprint density at radius 3 is 2.94 bits per heavy atom. The summed E-state index contributed by atoms with van der Waals surface area (Å²) >= 11 is 0.0643. The maximum atomic E-state index is 11.7. The Balaban J connectivity index is 2.35. The van der Waals surface area contributed by atoms with E-state index in [2.05, 4.69) is 4.98 Å². The zero-order valence-electron chi connectivity index (χ0n) is 9.76. The Morgan fingerprint density at radius 1 is 1.67 bits per heavy atom. The molecule has 0 aliphatic carbocycles. The third-order valence-corrected chi connectivity index (χ3v) is 5.11. The van der Waals surface area contributed by atoms with Crippen molar-refractivity contribution in [1.29, 1.82) is 0 Å². The van der Waals surface area contributed by atoms with E-state index in [1.54, 1.807) is 0 Å². The normalized spacial score (nSPS) is 31.7. The molecule has 1 fully saturated rings. The van der Waals surface area contributed by atoms with Crippen LogP contribution in [0.15, 0.2) is 17.1 Å². The van der Waals surface area contributed by atoms with E-state index in [0.717, 1.165) is 0 Å². The van der Waals surface area contributed by atoms with Crippen molar-refractivity contribution in [3.05, 3.63) is 22.7 Å². The van der Waals surface area contributed by atoms with Gasteiger partial charge >= 0.3 is 109 Å². The van der Waals surface area contributed by atoms with Crippen molar-refractivity contribution in [3.63, 3.8) is 0 Å². The molecule has 0 spiro atoms. The van der Waals surface area contributed by atoms with Crippen molar-refractivity contribution in [3.8, 4) is 0 Å². The molecule has 1 aliphatic rings. The van der Waals surface area contributed by atoms with Crippen molar-refractivity contribution < 1.29 is 14.9 Å². The molecule has 2 heterocycles. The number of nitrogen functional groups attached to an aromatic ring is 1. The fourth-order valence-corrected chi connectivity index (χ4v) is 3.82. The van der Waals surface area contributed by atoms with Gasteiger partial charge < -0.3 is 0 Å². The van der Waals surface area contributed by atoms with E-state index in [9.17, 15) is 9.90 Å². The summed E-state index contributed by atoms with van der Waals surface area (Å²) in [6.07, 6.45) is -0.524. The monoisotopic (exact) mass is 321 g/mol. The number of aliphatic hydroxyl groups excluding tert-OH is 2. The molecule has 2 rings (SSSR count). The second-order valence-corrected chi connectivity index (χ2v) is 6.11. The number of aromatic nitrogens is 2. The van der Waals surface area contributed by atoms with Gasteiger partial charge in [-0.2, -0.15) is 0 Å². The summed E-state index contributed by atoms with van der Waals surface area (Å²) in [6, 6.07) is 1.50.